The van der Waals surface area contributed by atoms with Crippen LogP contribution >= 0.6 is 11.8 Å². The number of H-pyrrole nitrogens is 2. The topological polar surface area (TPSA) is 60.7 Å². The molecule has 3 N–H and O–H groups in total. The van der Waals surface area contributed by atoms with Crippen LogP contribution in [0.25, 0.3) is 11.0 Å². The number of thioether (sulfide) groups is 1. The van der Waals surface area contributed by atoms with Gasteiger partial charge in [0.05, 0.1) is 11.0 Å². The van der Waals surface area contributed by atoms with Gasteiger partial charge >= 0.3 is 5.69 Å². The minimum atomic E-state index is -0.150. The van der Waals surface area contributed by atoms with Crippen molar-refractivity contribution in [1.29, 1.82) is 0 Å². The van der Waals surface area contributed by atoms with Crippen LogP contribution in [-0.2, 0) is 0 Å². The van der Waals surface area contributed by atoms with Crippen molar-refractivity contribution in [3.8, 4) is 0 Å². The third-order valence-corrected chi connectivity index (χ3v) is 4.41. The average molecular weight is 293 g/mol. The lowest BCUT2D eigenvalue weighted by molar-refractivity contribution is 0.472. The third-order valence-electron chi connectivity index (χ3n) is 3.47. The summed E-state index contributed by atoms with van der Waals surface area (Å²) < 4.78 is 0. The second kappa shape index (κ2) is 6.99. The van der Waals surface area contributed by atoms with Crippen molar-refractivity contribution in [1.82, 2.24) is 15.3 Å². The van der Waals surface area contributed by atoms with E-state index < -0.39 is 0 Å². The van der Waals surface area contributed by atoms with Crippen LogP contribution in [0.4, 0.5) is 0 Å². The van der Waals surface area contributed by atoms with Gasteiger partial charge in [0.15, 0.2) is 0 Å². The summed E-state index contributed by atoms with van der Waals surface area (Å²) in [7, 11) is 0. The smallest absolute Gasteiger partial charge is 0.308 e. The van der Waals surface area contributed by atoms with Gasteiger partial charge in [0.25, 0.3) is 0 Å². The predicted molar refractivity (Wildman–Crippen MR) is 87.5 cm³/mol. The lowest BCUT2D eigenvalue weighted by Crippen LogP contribution is -2.29. The lowest BCUT2D eigenvalue weighted by Gasteiger charge is -2.20. The summed E-state index contributed by atoms with van der Waals surface area (Å²) in [5.41, 5.74) is 2.78. The van der Waals surface area contributed by atoms with E-state index in [0.29, 0.717) is 6.04 Å². The highest BCUT2D eigenvalue weighted by atomic mass is 32.2. The maximum Gasteiger partial charge on any atom is 0.323 e. The molecule has 0 saturated heterocycles. The lowest BCUT2D eigenvalue weighted by atomic mass is 10.1. The fourth-order valence-corrected chi connectivity index (χ4v) is 3.14. The van der Waals surface area contributed by atoms with E-state index in [1.165, 1.54) is 23.5 Å². The number of imidazole rings is 1. The van der Waals surface area contributed by atoms with Crippen molar-refractivity contribution < 1.29 is 0 Å². The molecule has 1 aromatic carbocycles. The van der Waals surface area contributed by atoms with E-state index in [9.17, 15) is 4.79 Å². The third kappa shape index (κ3) is 3.90. The van der Waals surface area contributed by atoms with Gasteiger partial charge in [0.1, 0.15) is 0 Å². The molecule has 0 saturated carbocycles. The minimum absolute atomic E-state index is 0.150. The first-order valence-electron chi connectivity index (χ1n) is 7.16. The first-order chi connectivity index (χ1) is 9.60. The largest absolute Gasteiger partial charge is 0.323 e. The second-order valence-electron chi connectivity index (χ2n) is 5.16. The fourth-order valence-electron chi connectivity index (χ4n) is 2.33. The number of fused-ring (bicyclic) bond motifs is 1. The van der Waals surface area contributed by atoms with E-state index >= 15 is 0 Å². The molecule has 0 radical (unpaired) electrons. The maximum absolute atomic E-state index is 11.3. The van der Waals surface area contributed by atoms with Crippen molar-refractivity contribution in [3.63, 3.8) is 0 Å². The molecule has 2 rings (SSSR count). The quantitative estimate of drug-likeness (QED) is 0.688. The van der Waals surface area contributed by atoms with Gasteiger partial charge < -0.3 is 15.3 Å². The Morgan fingerprint density at radius 3 is 2.75 bits per heavy atom. The van der Waals surface area contributed by atoms with E-state index in [-0.39, 0.29) is 11.7 Å². The number of nitrogens with one attached hydrogen (secondary N) is 3. The number of aromatic amines is 2. The molecule has 0 aliphatic heterocycles. The highest BCUT2D eigenvalue weighted by Crippen LogP contribution is 2.18. The Balaban J connectivity index is 1.99. The number of benzene rings is 1. The second-order valence-corrected chi connectivity index (χ2v) is 6.55. The average Bonchev–Trinajstić information content (AvgIpc) is 2.77. The highest BCUT2D eigenvalue weighted by molar-refractivity contribution is 7.99. The highest BCUT2D eigenvalue weighted by Gasteiger charge is 2.10. The van der Waals surface area contributed by atoms with Crippen molar-refractivity contribution in [2.45, 2.75) is 39.3 Å². The Labute approximate surface area is 123 Å². The molecule has 2 aromatic rings. The molecule has 0 amide bonds. The molecule has 5 heteroatoms. The summed E-state index contributed by atoms with van der Waals surface area (Å²) in [6, 6.07) is 6.83. The van der Waals surface area contributed by atoms with E-state index in [0.717, 1.165) is 11.0 Å². The van der Waals surface area contributed by atoms with Gasteiger partial charge in [0, 0.05) is 12.1 Å². The van der Waals surface area contributed by atoms with Crippen LogP contribution in [0.2, 0.25) is 0 Å². The van der Waals surface area contributed by atoms with Gasteiger partial charge in [-0.15, -0.1) is 0 Å². The van der Waals surface area contributed by atoms with Crippen LogP contribution in [0, 0.1) is 0 Å². The van der Waals surface area contributed by atoms with Gasteiger partial charge in [-0.3, -0.25) is 0 Å². The zero-order chi connectivity index (χ0) is 14.5. The Morgan fingerprint density at radius 2 is 2.00 bits per heavy atom. The summed E-state index contributed by atoms with van der Waals surface area (Å²) in [6.45, 7) is 6.58. The van der Waals surface area contributed by atoms with Crippen LogP contribution < -0.4 is 11.0 Å². The Bertz CT molecular complexity index is 604. The molecule has 2 atom stereocenters. The van der Waals surface area contributed by atoms with Gasteiger partial charge in [-0.1, -0.05) is 13.0 Å². The van der Waals surface area contributed by atoms with E-state index in [1.807, 2.05) is 23.9 Å². The van der Waals surface area contributed by atoms with Gasteiger partial charge in [-0.05, 0) is 49.5 Å². The molecule has 0 aliphatic carbocycles. The van der Waals surface area contributed by atoms with Crippen molar-refractivity contribution >= 4 is 22.8 Å². The number of aromatic nitrogens is 2. The number of rotatable bonds is 7. The molecule has 20 heavy (non-hydrogen) atoms. The molecule has 0 fully saturated rings. The predicted octanol–water partition coefficient (Wildman–Crippen LogP) is 3.04. The Kier molecular flexibility index (Phi) is 5.31. The first-order valence-corrected chi connectivity index (χ1v) is 8.31. The zero-order valence-corrected chi connectivity index (χ0v) is 13.1. The SMILES string of the molecule is CCSCCC(C)NC(C)c1ccc2[nH]c(=O)[nH]c2c1. The molecule has 0 spiro atoms. The molecule has 2 unspecified atom stereocenters. The Hall–Kier alpha value is -1.20. The summed E-state index contributed by atoms with van der Waals surface area (Å²) >= 11 is 1.98. The van der Waals surface area contributed by atoms with E-state index in [1.54, 1.807) is 0 Å². The number of hydrogen-bond acceptors (Lipinski definition) is 3. The zero-order valence-electron chi connectivity index (χ0n) is 12.3. The van der Waals surface area contributed by atoms with Gasteiger partial charge in [-0.2, -0.15) is 11.8 Å². The molecule has 1 heterocycles. The Morgan fingerprint density at radius 1 is 1.25 bits per heavy atom. The number of hydrogen-bond donors (Lipinski definition) is 3. The summed E-state index contributed by atoms with van der Waals surface area (Å²) in [4.78, 5) is 16.8. The standard InChI is InChI=1S/C15H23N3OS/c1-4-20-8-7-10(2)16-11(3)12-5-6-13-14(9-12)18-15(19)17-13/h5-6,9-11,16H,4,7-8H2,1-3H3,(H2,17,18,19). The molecular formula is C15H23N3OS. The summed E-state index contributed by atoms with van der Waals surface area (Å²) in [6.07, 6.45) is 1.17. The van der Waals surface area contributed by atoms with Crippen LogP contribution in [-0.4, -0.2) is 27.5 Å². The summed E-state index contributed by atoms with van der Waals surface area (Å²) in [5, 5.41) is 3.61. The fraction of sp³-hybridized carbons (Fsp3) is 0.533. The molecule has 0 bridgehead atoms. The molecule has 1 aromatic heterocycles. The van der Waals surface area contributed by atoms with Crippen LogP contribution in [0.1, 0.15) is 38.8 Å². The monoisotopic (exact) mass is 293 g/mol. The van der Waals surface area contributed by atoms with Crippen molar-refractivity contribution in [2.24, 2.45) is 0 Å². The molecule has 110 valence electrons. The van der Waals surface area contributed by atoms with E-state index in [2.05, 4.69) is 42.1 Å². The normalized spacial score (nSPS) is 14.6. The van der Waals surface area contributed by atoms with Crippen molar-refractivity contribution in [3.05, 3.63) is 34.2 Å². The first kappa shape index (κ1) is 15.2. The van der Waals surface area contributed by atoms with Crippen LogP contribution in [0.5, 0.6) is 0 Å². The van der Waals surface area contributed by atoms with Gasteiger partial charge in [-0.25, -0.2) is 4.79 Å². The summed E-state index contributed by atoms with van der Waals surface area (Å²) in [5.74, 6) is 2.38. The van der Waals surface area contributed by atoms with Gasteiger partial charge in [0.2, 0.25) is 0 Å². The van der Waals surface area contributed by atoms with Crippen LogP contribution in [0.3, 0.4) is 0 Å². The van der Waals surface area contributed by atoms with Crippen molar-refractivity contribution in [2.75, 3.05) is 11.5 Å². The molecule has 0 aliphatic rings. The van der Waals surface area contributed by atoms with E-state index in [4.69, 9.17) is 0 Å². The maximum atomic E-state index is 11.3. The molecular weight excluding hydrogens is 270 g/mol. The van der Waals surface area contributed by atoms with Crippen LogP contribution in [0.15, 0.2) is 23.0 Å². The molecule has 4 nitrogen and oxygen atoms in total. The minimum Gasteiger partial charge on any atom is -0.308 e.